The van der Waals surface area contributed by atoms with Crippen molar-refractivity contribution in [2.75, 3.05) is 32.5 Å². The molecule has 0 bridgehead atoms. The van der Waals surface area contributed by atoms with Crippen LogP contribution < -0.4 is 16.6 Å². The van der Waals surface area contributed by atoms with Crippen LogP contribution in [-0.4, -0.2) is 75.7 Å². The summed E-state index contributed by atoms with van der Waals surface area (Å²) in [5, 5.41) is 12.9. The molecule has 11 nitrogen and oxygen atoms in total. The Morgan fingerprint density at radius 1 is 1.27 bits per heavy atom. The van der Waals surface area contributed by atoms with Crippen LogP contribution >= 0.6 is 0 Å². The lowest BCUT2D eigenvalue weighted by molar-refractivity contribution is -0.144. The lowest BCUT2D eigenvalue weighted by Crippen LogP contribution is -2.55. The largest absolute Gasteiger partial charge is 0.397 e. The second-order valence-corrected chi connectivity index (χ2v) is 8.95. The molecule has 5 rings (SSSR count). The summed E-state index contributed by atoms with van der Waals surface area (Å²) in [6.45, 7) is 0.880. The molecular weight excluding hydrogens is 483 g/mol. The van der Waals surface area contributed by atoms with Crippen LogP contribution in [0, 0.1) is 5.82 Å². The summed E-state index contributed by atoms with van der Waals surface area (Å²) in [6, 6.07) is 8.94. The van der Waals surface area contributed by atoms with E-state index in [0.717, 1.165) is 0 Å². The van der Waals surface area contributed by atoms with Gasteiger partial charge in [-0.1, -0.05) is 6.07 Å². The average molecular weight is 509 g/mol. The SMILES string of the molecule is COC1CN(C(=O)CC(O)CNC(=O)c2ccc3nc(-c4c(N)c5c(F)cccc5[nH]c4=O)[nH]c3c2)C1. The van der Waals surface area contributed by atoms with E-state index in [1.807, 2.05) is 0 Å². The Morgan fingerprint density at radius 3 is 2.81 bits per heavy atom. The number of likely N-dealkylation sites (tertiary alicyclic amines) is 1. The van der Waals surface area contributed by atoms with Gasteiger partial charge in [-0.25, -0.2) is 9.37 Å². The van der Waals surface area contributed by atoms with Gasteiger partial charge in [0.15, 0.2) is 0 Å². The molecule has 1 fully saturated rings. The fraction of sp³-hybridized carbons (Fsp3) is 0.280. The summed E-state index contributed by atoms with van der Waals surface area (Å²) in [4.78, 5) is 49.1. The fourth-order valence-electron chi connectivity index (χ4n) is 4.34. The van der Waals surface area contributed by atoms with E-state index < -0.39 is 23.4 Å². The normalized spacial score (nSPS) is 14.6. The van der Waals surface area contributed by atoms with Crippen molar-refractivity contribution < 1.29 is 23.8 Å². The van der Waals surface area contributed by atoms with E-state index in [1.165, 1.54) is 18.2 Å². The number of carbonyl (C=O) groups excluding carboxylic acids is 2. The maximum absolute atomic E-state index is 14.4. The predicted octanol–water partition coefficient (Wildman–Crippen LogP) is 1.13. The Kier molecular flexibility index (Phi) is 6.36. The number of aliphatic hydroxyl groups is 1. The van der Waals surface area contributed by atoms with Crippen LogP contribution in [0.2, 0.25) is 0 Å². The van der Waals surface area contributed by atoms with Crippen molar-refractivity contribution in [2.24, 2.45) is 0 Å². The minimum atomic E-state index is -1.04. The highest BCUT2D eigenvalue weighted by Crippen LogP contribution is 2.30. The van der Waals surface area contributed by atoms with Gasteiger partial charge in [0.1, 0.15) is 17.2 Å². The third-order valence-corrected chi connectivity index (χ3v) is 6.45. The molecule has 1 unspecified atom stereocenters. The first-order valence-electron chi connectivity index (χ1n) is 11.6. The van der Waals surface area contributed by atoms with Crippen LogP contribution in [0.25, 0.3) is 33.3 Å². The molecule has 2 aromatic carbocycles. The number of aliphatic hydroxyl groups excluding tert-OH is 1. The van der Waals surface area contributed by atoms with E-state index in [4.69, 9.17) is 10.5 Å². The topological polar surface area (TPSA) is 166 Å². The molecule has 37 heavy (non-hydrogen) atoms. The fourth-order valence-corrected chi connectivity index (χ4v) is 4.34. The second-order valence-electron chi connectivity index (χ2n) is 8.95. The summed E-state index contributed by atoms with van der Waals surface area (Å²) in [7, 11) is 1.58. The lowest BCUT2D eigenvalue weighted by Gasteiger charge is -2.38. The summed E-state index contributed by atoms with van der Waals surface area (Å²) < 4.78 is 19.5. The molecule has 2 aromatic heterocycles. The van der Waals surface area contributed by atoms with Crippen LogP contribution in [0.4, 0.5) is 10.1 Å². The number of hydrogen-bond donors (Lipinski definition) is 5. The van der Waals surface area contributed by atoms with E-state index in [-0.39, 0.29) is 58.5 Å². The van der Waals surface area contributed by atoms with Crippen molar-refractivity contribution in [1.29, 1.82) is 0 Å². The molecule has 1 aliphatic heterocycles. The highest BCUT2D eigenvalue weighted by atomic mass is 19.1. The quantitative estimate of drug-likeness (QED) is 0.249. The number of imidazole rings is 1. The van der Waals surface area contributed by atoms with Gasteiger partial charge in [0, 0.05) is 32.3 Å². The molecule has 0 spiro atoms. The van der Waals surface area contributed by atoms with Crippen molar-refractivity contribution in [3.63, 3.8) is 0 Å². The van der Waals surface area contributed by atoms with E-state index in [0.29, 0.717) is 24.1 Å². The average Bonchev–Trinajstić information content (AvgIpc) is 3.24. The third-order valence-electron chi connectivity index (χ3n) is 6.45. The molecule has 3 heterocycles. The minimum absolute atomic E-state index is 0.00777. The Bertz CT molecular complexity index is 1580. The van der Waals surface area contributed by atoms with Gasteiger partial charge in [-0.05, 0) is 30.3 Å². The molecular formula is C25H25FN6O5. The monoisotopic (exact) mass is 508 g/mol. The molecule has 6 N–H and O–H groups in total. The summed E-state index contributed by atoms with van der Waals surface area (Å²) in [5.74, 6) is -1.11. The number of nitrogens with one attached hydrogen (secondary N) is 3. The highest BCUT2D eigenvalue weighted by molar-refractivity contribution is 6.00. The number of benzene rings is 2. The summed E-state index contributed by atoms with van der Waals surface area (Å²) in [5.41, 5.74) is 7.04. The van der Waals surface area contributed by atoms with Gasteiger partial charge in [0.2, 0.25) is 5.91 Å². The van der Waals surface area contributed by atoms with Crippen molar-refractivity contribution in [2.45, 2.75) is 18.6 Å². The Labute approximate surface area is 209 Å². The summed E-state index contributed by atoms with van der Waals surface area (Å²) >= 11 is 0. The number of nitrogens with two attached hydrogens (primary N) is 1. The molecule has 2 amide bonds. The van der Waals surface area contributed by atoms with Gasteiger partial charge in [-0.2, -0.15) is 0 Å². The number of nitrogens with zero attached hydrogens (tertiary/aromatic N) is 2. The van der Waals surface area contributed by atoms with E-state index in [1.54, 1.807) is 30.2 Å². The number of carbonyl (C=O) groups is 2. The number of aromatic nitrogens is 3. The Hall–Kier alpha value is -4.29. The van der Waals surface area contributed by atoms with Crippen LogP contribution in [0.5, 0.6) is 0 Å². The molecule has 0 aliphatic carbocycles. The number of methoxy groups -OCH3 is 1. The third kappa shape index (κ3) is 4.63. The van der Waals surface area contributed by atoms with Crippen molar-refractivity contribution in [1.82, 2.24) is 25.2 Å². The van der Waals surface area contributed by atoms with Gasteiger partial charge in [-0.3, -0.25) is 14.4 Å². The number of fused-ring (bicyclic) bond motifs is 2. The predicted molar refractivity (Wildman–Crippen MR) is 134 cm³/mol. The van der Waals surface area contributed by atoms with Crippen molar-refractivity contribution >= 4 is 39.4 Å². The van der Waals surface area contributed by atoms with Crippen LogP contribution in [0.15, 0.2) is 41.2 Å². The molecule has 12 heteroatoms. The maximum Gasteiger partial charge on any atom is 0.261 e. The van der Waals surface area contributed by atoms with Gasteiger partial charge in [-0.15, -0.1) is 0 Å². The molecule has 1 atom stereocenters. The van der Waals surface area contributed by atoms with Crippen LogP contribution in [-0.2, 0) is 9.53 Å². The molecule has 4 aromatic rings. The van der Waals surface area contributed by atoms with Gasteiger partial charge in [0.05, 0.1) is 46.3 Å². The van der Waals surface area contributed by atoms with E-state index >= 15 is 0 Å². The molecule has 0 saturated carbocycles. The Balaban J connectivity index is 1.30. The first kappa shape index (κ1) is 24.4. The first-order valence-corrected chi connectivity index (χ1v) is 11.6. The number of rotatable bonds is 7. The number of ether oxygens (including phenoxy) is 1. The number of hydrogen-bond acceptors (Lipinski definition) is 7. The van der Waals surface area contributed by atoms with Gasteiger partial charge >= 0.3 is 0 Å². The van der Waals surface area contributed by atoms with Crippen molar-refractivity contribution in [3.05, 3.63) is 58.1 Å². The van der Waals surface area contributed by atoms with Crippen LogP contribution in [0.3, 0.4) is 0 Å². The minimum Gasteiger partial charge on any atom is -0.397 e. The number of anilines is 1. The maximum atomic E-state index is 14.4. The zero-order valence-corrected chi connectivity index (χ0v) is 19.9. The number of halogens is 1. The van der Waals surface area contributed by atoms with Gasteiger partial charge < -0.3 is 35.8 Å². The lowest BCUT2D eigenvalue weighted by atomic mass is 10.1. The Morgan fingerprint density at radius 2 is 2.05 bits per heavy atom. The van der Waals surface area contributed by atoms with Crippen molar-refractivity contribution in [3.8, 4) is 11.4 Å². The zero-order valence-electron chi connectivity index (χ0n) is 19.9. The van der Waals surface area contributed by atoms with E-state index in [2.05, 4.69) is 20.3 Å². The first-order chi connectivity index (χ1) is 17.7. The van der Waals surface area contributed by atoms with Gasteiger partial charge in [0.25, 0.3) is 11.5 Å². The number of amides is 2. The zero-order chi connectivity index (χ0) is 26.3. The number of nitrogen functional groups attached to an aromatic ring is 1. The number of pyridine rings is 1. The highest BCUT2D eigenvalue weighted by Gasteiger charge is 2.31. The second kappa shape index (κ2) is 9.64. The number of aromatic amines is 2. The van der Waals surface area contributed by atoms with E-state index in [9.17, 15) is 23.9 Å². The standard InChI is InChI=1S/C25H25FN6O5/c1-37-14-10-32(11-14)19(34)8-13(33)9-28-24(35)12-5-6-16-18(7-12)30-23(29-16)21-22(27)20-15(26)3-2-4-17(20)31-25(21)36/h2-7,13-14,33H,8-11H2,1H3,(H,28,35)(H,29,30)(H3,27,31,36). The molecule has 0 radical (unpaired) electrons. The summed E-state index contributed by atoms with van der Waals surface area (Å²) in [6.07, 6.45) is -1.12. The molecule has 192 valence electrons. The molecule has 1 aliphatic rings. The number of H-pyrrole nitrogens is 2. The van der Waals surface area contributed by atoms with Crippen LogP contribution in [0.1, 0.15) is 16.8 Å². The smallest absolute Gasteiger partial charge is 0.261 e. The molecule has 1 saturated heterocycles.